The van der Waals surface area contributed by atoms with Gasteiger partial charge in [-0.3, -0.25) is 9.59 Å². The monoisotopic (exact) mass is 437 g/mol. The zero-order valence-corrected chi connectivity index (χ0v) is 19.3. The van der Waals surface area contributed by atoms with E-state index in [1.807, 2.05) is 49.5 Å². The van der Waals surface area contributed by atoms with Gasteiger partial charge in [0.05, 0.1) is 0 Å². The highest BCUT2D eigenvalue weighted by atomic mass is 32.1. The number of anilines is 2. The Morgan fingerprint density at radius 1 is 1.06 bits per heavy atom. The lowest BCUT2D eigenvalue weighted by Crippen LogP contribution is -2.48. The van der Waals surface area contributed by atoms with Crippen molar-refractivity contribution < 1.29 is 0 Å². The van der Waals surface area contributed by atoms with Gasteiger partial charge in [0.25, 0.3) is 10.9 Å². The van der Waals surface area contributed by atoms with E-state index in [4.69, 9.17) is 0 Å². The number of nitrogens with zero attached hydrogens (tertiary/aromatic N) is 2. The summed E-state index contributed by atoms with van der Waals surface area (Å²) in [5.41, 5.74) is 2.56. The molecule has 0 aliphatic rings. The Labute approximate surface area is 188 Å². The van der Waals surface area contributed by atoms with Crippen LogP contribution in [0.15, 0.2) is 69.4 Å². The average Bonchev–Trinajstić information content (AvgIpc) is 3.26. The quantitative estimate of drug-likeness (QED) is 0.347. The molecular weight excluding hydrogens is 406 g/mol. The molecule has 0 bridgehead atoms. The van der Waals surface area contributed by atoms with Crippen molar-refractivity contribution in [1.29, 1.82) is 0 Å². The first kappa shape index (κ1) is 23.0. The number of hydrogen-bond acceptors (Lipinski definition) is 6. The molecule has 3 rings (SSSR count). The van der Waals surface area contributed by atoms with Crippen molar-refractivity contribution in [2.24, 2.45) is 0 Å². The molecule has 1 aromatic heterocycles. The molecule has 0 unspecified atom stereocenters. The van der Waals surface area contributed by atoms with Gasteiger partial charge in [0.1, 0.15) is 11.4 Å². The summed E-state index contributed by atoms with van der Waals surface area (Å²) in [6.07, 6.45) is 3.44. The van der Waals surface area contributed by atoms with Crippen molar-refractivity contribution in [3.8, 4) is 0 Å². The molecule has 0 saturated carbocycles. The Balaban J connectivity index is 1.78. The van der Waals surface area contributed by atoms with Gasteiger partial charge in [-0.2, -0.15) is 11.3 Å². The van der Waals surface area contributed by atoms with Crippen LogP contribution in [0.1, 0.15) is 18.1 Å². The molecule has 164 valence electrons. The van der Waals surface area contributed by atoms with Crippen LogP contribution in [0.4, 0.5) is 11.4 Å². The Morgan fingerprint density at radius 2 is 1.81 bits per heavy atom. The van der Waals surface area contributed by atoms with Crippen LogP contribution in [0.2, 0.25) is 0 Å². The maximum atomic E-state index is 12.6. The van der Waals surface area contributed by atoms with Crippen molar-refractivity contribution in [3.05, 3.63) is 91.4 Å². The van der Waals surface area contributed by atoms with Crippen molar-refractivity contribution in [2.75, 3.05) is 37.4 Å². The van der Waals surface area contributed by atoms with E-state index in [9.17, 15) is 9.59 Å². The van der Waals surface area contributed by atoms with Crippen molar-refractivity contribution >= 4 is 22.7 Å². The molecule has 0 spiro atoms. The van der Waals surface area contributed by atoms with E-state index < -0.39 is 10.9 Å². The lowest BCUT2D eigenvalue weighted by Gasteiger charge is -2.34. The van der Waals surface area contributed by atoms with Crippen molar-refractivity contribution in [2.45, 2.75) is 31.8 Å². The van der Waals surface area contributed by atoms with Gasteiger partial charge in [-0.05, 0) is 61.8 Å². The standard InChI is InChI=1S/C25H31N3O2S/c1-5-12-28(16-21(27(3)4)15-19-9-7-6-8-10-19)23-22(24(29)25(23)30)26-18(2)14-20-11-13-31-17-20/h5-11,13,17-18,21,26H,1,12,14-16H2,2-4H3/t18-,21+/m0/s1. The van der Waals surface area contributed by atoms with Crippen LogP contribution in [0.25, 0.3) is 0 Å². The summed E-state index contributed by atoms with van der Waals surface area (Å²) in [7, 11) is 4.09. The van der Waals surface area contributed by atoms with Crippen molar-refractivity contribution in [1.82, 2.24) is 4.90 Å². The fourth-order valence-electron chi connectivity index (χ4n) is 3.84. The van der Waals surface area contributed by atoms with Crippen LogP contribution in [0, 0.1) is 0 Å². The first-order valence-electron chi connectivity index (χ1n) is 10.6. The molecule has 0 aliphatic carbocycles. The zero-order valence-electron chi connectivity index (χ0n) is 18.5. The summed E-state index contributed by atoms with van der Waals surface area (Å²) >= 11 is 1.66. The maximum absolute atomic E-state index is 12.6. The van der Waals surface area contributed by atoms with Crippen LogP contribution >= 0.6 is 11.3 Å². The number of thiophene rings is 1. The van der Waals surface area contributed by atoms with Gasteiger partial charge < -0.3 is 15.1 Å². The second kappa shape index (κ2) is 10.6. The molecule has 2 atom stereocenters. The first-order chi connectivity index (χ1) is 14.9. The highest BCUT2D eigenvalue weighted by Gasteiger charge is 2.28. The molecule has 0 saturated heterocycles. The van der Waals surface area contributed by atoms with E-state index in [0.29, 0.717) is 24.5 Å². The lowest BCUT2D eigenvalue weighted by atomic mass is 10.0. The van der Waals surface area contributed by atoms with Gasteiger partial charge in [0.15, 0.2) is 0 Å². The van der Waals surface area contributed by atoms with Gasteiger partial charge >= 0.3 is 0 Å². The maximum Gasteiger partial charge on any atom is 0.253 e. The highest BCUT2D eigenvalue weighted by molar-refractivity contribution is 7.07. The summed E-state index contributed by atoms with van der Waals surface area (Å²) in [5, 5.41) is 7.45. The first-order valence-corrected chi connectivity index (χ1v) is 11.5. The number of nitrogens with one attached hydrogen (secondary N) is 1. The zero-order chi connectivity index (χ0) is 22.4. The number of hydrogen-bond donors (Lipinski definition) is 1. The number of rotatable bonds is 12. The Bertz CT molecular complexity index is 1040. The van der Waals surface area contributed by atoms with E-state index in [2.05, 4.69) is 40.4 Å². The molecule has 3 aromatic rings. The van der Waals surface area contributed by atoms with Crippen LogP contribution in [0.3, 0.4) is 0 Å². The van der Waals surface area contributed by atoms with Gasteiger partial charge in [0.2, 0.25) is 0 Å². The fourth-order valence-corrected chi connectivity index (χ4v) is 4.52. The second-order valence-corrected chi connectivity index (χ2v) is 9.04. The highest BCUT2D eigenvalue weighted by Crippen LogP contribution is 2.23. The molecular formula is C25H31N3O2S. The molecule has 2 aromatic carbocycles. The summed E-state index contributed by atoms with van der Waals surface area (Å²) in [6, 6.07) is 12.6. The summed E-state index contributed by atoms with van der Waals surface area (Å²) in [4.78, 5) is 29.1. The second-order valence-electron chi connectivity index (χ2n) is 8.26. The molecule has 5 nitrogen and oxygen atoms in total. The average molecular weight is 438 g/mol. The molecule has 0 amide bonds. The van der Waals surface area contributed by atoms with Crippen LogP contribution in [-0.2, 0) is 12.8 Å². The number of benzene rings is 1. The normalized spacial score (nSPS) is 13.3. The lowest BCUT2D eigenvalue weighted by molar-refractivity contribution is 0.293. The molecule has 0 radical (unpaired) electrons. The van der Waals surface area contributed by atoms with Gasteiger partial charge in [-0.1, -0.05) is 36.4 Å². The van der Waals surface area contributed by atoms with E-state index in [1.165, 1.54) is 11.1 Å². The van der Waals surface area contributed by atoms with E-state index in [0.717, 1.165) is 12.8 Å². The minimum atomic E-state index is -0.425. The molecule has 0 fully saturated rings. The third kappa shape index (κ3) is 5.71. The minimum Gasteiger partial charge on any atom is -0.377 e. The summed E-state index contributed by atoms with van der Waals surface area (Å²) in [6.45, 7) is 7.04. The van der Waals surface area contributed by atoms with E-state index in [1.54, 1.807) is 17.4 Å². The Hall–Kier alpha value is -2.70. The smallest absolute Gasteiger partial charge is 0.253 e. The summed E-state index contributed by atoms with van der Waals surface area (Å²) < 4.78 is 0. The minimum absolute atomic E-state index is 0.0520. The topological polar surface area (TPSA) is 52.6 Å². The molecule has 1 N–H and O–H groups in total. The summed E-state index contributed by atoms with van der Waals surface area (Å²) in [5.74, 6) is 0. The van der Waals surface area contributed by atoms with Gasteiger partial charge in [-0.25, -0.2) is 0 Å². The third-order valence-corrected chi connectivity index (χ3v) is 6.27. The van der Waals surface area contributed by atoms with Crippen LogP contribution in [0.5, 0.6) is 0 Å². The predicted molar refractivity (Wildman–Crippen MR) is 132 cm³/mol. The van der Waals surface area contributed by atoms with Crippen molar-refractivity contribution in [3.63, 3.8) is 0 Å². The van der Waals surface area contributed by atoms with E-state index in [-0.39, 0.29) is 12.1 Å². The van der Waals surface area contributed by atoms with Gasteiger partial charge in [0, 0.05) is 25.2 Å². The van der Waals surface area contributed by atoms with E-state index >= 15 is 0 Å². The predicted octanol–water partition coefficient (Wildman–Crippen LogP) is 3.55. The molecule has 1 heterocycles. The SMILES string of the molecule is C=CCN(C[C@@H](Cc1ccccc1)N(C)C)c1c(N[C@@H](C)Cc2ccsc2)c(=O)c1=O. The van der Waals surface area contributed by atoms with Gasteiger partial charge in [-0.15, -0.1) is 6.58 Å². The molecule has 6 heteroatoms. The number of likely N-dealkylation sites (N-methyl/N-ethyl adjacent to an activating group) is 1. The third-order valence-electron chi connectivity index (χ3n) is 5.54. The fraction of sp³-hybridized carbons (Fsp3) is 0.360. The Kier molecular flexibility index (Phi) is 7.82. The molecule has 0 aliphatic heterocycles. The molecule has 31 heavy (non-hydrogen) atoms. The van der Waals surface area contributed by atoms with Crippen LogP contribution in [-0.4, -0.2) is 44.2 Å². The largest absolute Gasteiger partial charge is 0.377 e. The Morgan fingerprint density at radius 3 is 2.42 bits per heavy atom. The van der Waals surface area contributed by atoms with Crippen LogP contribution < -0.4 is 21.1 Å².